The van der Waals surface area contributed by atoms with Crippen LogP contribution in [0, 0.1) is 12.7 Å². The number of nitrogen functional groups attached to an aromatic ring is 1. The van der Waals surface area contributed by atoms with Gasteiger partial charge in [0.2, 0.25) is 5.89 Å². The number of oxazole rings is 1. The first-order valence-corrected chi connectivity index (χ1v) is 7.37. The predicted molar refractivity (Wildman–Crippen MR) is 89.6 cm³/mol. The molecule has 4 aromatic rings. The molecule has 2 N–H and O–H groups in total. The molecule has 0 radical (unpaired) electrons. The average Bonchev–Trinajstić information content (AvgIpc) is 3.01. The van der Waals surface area contributed by atoms with Gasteiger partial charge in [-0.3, -0.25) is 0 Å². The van der Waals surface area contributed by atoms with Crippen LogP contribution in [0.5, 0.6) is 0 Å². The van der Waals surface area contributed by atoms with Crippen molar-refractivity contribution in [2.75, 3.05) is 5.73 Å². The van der Waals surface area contributed by atoms with Crippen molar-refractivity contribution in [3.05, 3.63) is 59.9 Å². The number of aryl methyl sites for hydroxylation is 1. The Hall–Kier alpha value is -3.28. The highest BCUT2D eigenvalue weighted by Crippen LogP contribution is 2.28. The van der Waals surface area contributed by atoms with Crippen molar-refractivity contribution in [3.8, 4) is 22.8 Å². The Balaban J connectivity index is 1.83. The SMILES string of the molecule is Cc1ccc(-c2nc3c(N)nc(-c4ccc(F)cc4)nc3o2)cc1. The van der Waals surface area contributed by atoms with Crippen LogP contribution in [0.2, 0.25) is 0 Å². The molecule has 0 aliphatic heterocycles. The first kappa shape index (κ1) is 14.3. The van der Waals surface area contributed by atoms with Gasteiger partial charge in [0, 0.05) is 11.1 Å². The summed E-state index contributed by atoms with van der Waals surface area (Å²) < 4.78 is 18.8. The lowest BCUT2D eigenvalue weighted by Crippen LogP contribution is -1.97. The zero-order valence-corrected chi connectivity index (χ0v) is 12.8. The molecule has 2 aromatic carbocycles. The van der Waals surface area contributed by atoms with Gasteiger partial charge in [0.05, 0.1) is 0 Å². The highest BCUT2D eigenvalue weighted by Gasteiger charge is 2.15. The summed E-state index contributed by atoms with van der Waals surface area (Å²) in [5.41, 5.74) is 9.34. The number of aromatic nitrogens is 3. The minimum Gasteiger partial charge on any atom is -0.417 e. The fourth-order valence-corrected chi connectivity index (χ4v) is 2.39. The second-order valence-corrected chi connectivity index (χ2v) is 5.48. The maximum Gasteiger partial charge on any atom is 0.253 e. The van der Waals surface area contributed by atoms with E-state index in [1.54, 1.807) is 12.1 Å². The van der Waals surface area contributed by atoms with E-state index < -0.39 is 0 Å². The van der Waals surface area contributed by atoms with Gasteiger partial charge in [-0.15, -0.1) is 0 Å². The third kappa shape index (κ3) is 2.48. The monoisotopic (exact) mass is 320 g/mol. The fraction of sp³-hybridized carbons (Fsp3) is 0.0556. The van der Waals surface area contributed by atoms with E-state index in [-0.39, 0.29) is 11.6 Å². The van der Waals surface area contributed by atoms with Crippen LogP contribution >= 0.6 is 0 Å². The number of nitrogens with two attached hydrogens (primary N) is 1. The summed E-state index contributed by atoms with van der Waals surface area (Å²) in [5.74, 6) is 0.699. The minimum absolute atomic E-state index is 0.224. The van der Waals surface area contributed by atoms with Crippen LogP contribution in [-0.2, 0) is 0 Å². The topological polar surface area (TPSA) is 77.8 Å². The molecule has 0 aliphatic carbocycles. The molecule has 24 heavy (non-hydrogen) atoms. The standard InChI is InChI=1S/C18H13FN4O/c1-10-2-4-12(5-3-10)17-21-14-15(20)22-16(23-18(14)24-17)11-6-8-13(19)9-7-11/h2-9H,1H3,(H2,20,22,23). The molecule has 0 fully saturated rings. The van der Waals surface area contributed by atoms with Gasteiger partial charge in [0.1, 0.15) is 5.82 Å². The van der Waals surface area contributed by atoms with E-state index in [1.807, 2.05) is 31.2 Å². The second kappa shape index (κ2) is 5.42. The molecule has 5 nitrogen and oxygen atoms in total. The number of hydrogen-bond donors (Lipinski definition) is 1. The third-order valence-electron chi connectivity index (χ3n) is 3.69. The van der Waals surface area contributed by atoms with Gasteiger partial charge in [-0.2, -0.15) is 4.98 Å². The molecular formula is C18H13FN4O. The van der Waals surface area contributed by atoms with Gasteiger partial charge in [-0.25, -0.2) is 14.4 Å². The first-order chi connectivity index (χ1) is 11.6. The van der Waals surface area contributed by atoms with Crippen LogP contribution in [0.3, 0.4) is 0 Å². The largest absolute Gasteiger partial charge is 0.417 e. The lowest BCUT2D eigenvalue weighted by Gasteiger charge is -2.00. The number of halogens is 1. The zero-order valence-electron chi connectivity index (χ0n) is 12.8. The van der Waals surface area contributed by atoms with Crippen LogP contribution < -0.4 is 5.73 Å². The molecule has 0 aliphatic rings. The number of benzene rings is 2. The molecule has 0 amide bonds. The minimum atomic E-state index is -0.325. The molecule has 6 heteroatoms. The van der Waals surface area contributed by atoms with Gasteiger partial charge >= 0.3 is 0 Å². The van der Waals surface area contributed by atoms with E-state index in [1.165, 1.54) is 12.1 Å². The van der Waals surface area contributed by atoms with E-state index in [2.05, 4.69) is 15.0 Å². The Bertz CT molecular complexity index is 1020. The Labute approximate surface area is 137 Å². The van der Waals surface area contributed by atoms with Crippen LogP contribution in [0.25, 0.3) is 34.1 Å². The number of hydrogen-bond acceptors (Lipinski definition) is 5. The molecule has 0 atom stereocenters. The predicted octanol–water partition coefficient (Wildman–Crippen LogP) is 3.98. The summed E-state index contributed by atoms with van der Waals surface area (Å²) in [5, 5.41) is 0. The van der Waals surface area contributed by atoms with Crippen molar-refractivity contribution in [2.24, 2.45) is 0 Å². The molecule has 0 spiro atoms. The maximum atomic E-state index is 13.1. The van der Waals surface area contributed by atoms with Crippen molar-refractivity contribution >= 4 is 17.0 Å². The van der Waals surface area contributed by atoms with E-state index in [0.717, 1.165) is 11.1 Å². The summed E-state index contributed by atoms with van der Waals surface area (Å²) in [7, 11) is 0. The lowest BCUT2D eigenvalue weighted by atomic mass is 10.1. The first-order valence-electron chi connectivity index (χ1n) is 7.37. The van der Waals surface area contributed by atoms with Crippen LogP contribution in [0.1, 0.15) is 5.56 Å². The molecule has 118 valence electrons. The van der Waals surface area contributed by atoms with Crippen molar-refractivity contribution < 1.29 is 8.81 Å². The lowest BCUT2D eigenvalue weighted by molar-refractivity contribution is 0.607. The van der Waals surface area contributed by atoms with E-state index in [9.17, 15) is 4.39 Å². The molecule has 4 rings (SSSR count). The van der Waals surface area contributed by atoms with E-state index in [4.69, 9.17) is 10.2 Å². The van der Waals surface area contributed by atoms with Gasteiger partial charge in [0.15, 0.2) is 17.2 Å². The second-order valence-electron chi connectivity index (χ2n) is 5.48. The average molecular weight is 320 g/mol. The summed E-state index contributed by atoms with van der Waals surface area (Å²) in [6.45, 7) is 2.01. The van der Waals surface area contributed by atoms with Crippen LogP contribution in [0.15, 0.2) is 52.9 Å². The number of nitrogens with zero attached hydrogens (tertiary/aromatic N) is 3. The Kier molecular flexibility index (Phi) is 3.23. The summed E-state index contributed by atoms with van der Waals surface area (Å²) in [6, 6.07) is 13.7. The van der Waals surface area contributed by atoms with Crippen molar-refractivity contribution in [3.63, 3.8) is 0 Å². The van der Waals surface area contributed by atoms with E-state index >= 15 is 0 Å². The van der Waals surface area contributed by atoms with Gasteiger partial charge in [-0.05, 0) is 43.3 Å². The summed E-state index contributed by atoms with van der Waals surface area (Å²) in [4.78, 5) is 13.0. The Morgan fingerprint density at radius 2 is 1.54 bits per heavy atom. The maximum absolute atomic E-state index is 13.1. The van der Waals surface area contributed by atoms with E-state index in [0.29, 0.717) is 28.5 Å². The van der Waals surface area contributed by atoms with Crippen molar-refractivity contribution in [1.82, 2.24) is 15.0 Å². The smallest absolute Gasteiger partial charge is 0.253 e. The quantitative estimate of drug-likeness (QED) is 0.604. The van der Waals surface area contributed by atoms with Gasteiger partial charge in [-0.1, -0.05) is 17.7 Å². The molecule has 0 unspecified atom stereocenters. The highest BCUT2D eigenvalue weighted by atomic mass is 19.1. The van der Waals surface area contributed by atoms with Crippen molar-refractivity contribution in [1.29, 1.82) is 0 Å². The Morgan fingerprint density at radius 1 is 0.875 bits per heavy atom. The molecule has 0 saturated carbocycles. The molecule has 0 saturated heterocycles. The number of fused-ring (bicyclic) bond motifs is 1. The third-order valence-corrected chi connectivity index (χ3v) is 3.69. The molecule has 2 heterocycles. The normalized spacial score (nSPS) is 11.1. The fourth-order valence-electron chi connectivity index (χ4n) is 2.39. The highest BCUT2D eigenvalue weighted by molar-refractivity contribution is 5.84. The molecule has 2 aromatic heterocycles. The molecule has 0 bridgehead atoms. The number of rotatable bonds is 2. The molecular weight excluding hydrogens is 307 g/mol. The van der Waals surface area contributed by atoms with Crippen molar-refractivity contribution in [2.45, 2.75) is 6.92 Å². The van der Waals surface area contributed by atoms with Gasteiger partial charge < -0.3 is 10.2 Å². The summed E-state index contributed by atoms with van der Waals surface area (Å²) in [6.07, 6.45) is 0. The van der Waals surface area contributed by atoms with Crippen LogP contribution in [0.4, 0.5) is 10.2 Å². The van der Waals surface area contributed by atoms with Gasteiger partial charge in [0.25, 0.3) is 5.71 Å². The summed E-state index contributed by atoms with van der Waals surface area (Å²) >= 11 is 0. The Morgan fingerprint density at radius 3 is 2.25 bits per heavy atom. The van der Waals surface area contributed by atoms with Crippen LogP contribution in [-0.4, -0.2) is 15.0 Å². The number of anilines is 1. The zero-order chi connectivity index (χ0) is 16.7.